The second-order valence-corrected chi connectivity index (χ2v) is 4.68. The van der Waals surface area contributed by atoms with Gasteiger partial charge in [-0.05, 0) is 36.0 Å². The molecule has 0 aliphatic rings. The standard InChI is InChI=1S/C14H20O3/c1-9(2)12(8-14(15)16)11-5-6-13(17-4)10(3)7-11/h5-7,9,12H,8H2,1-4H3,(H,15,16). The zero-order chi connectivity index (χ0) is 13.0. The van der Waals surface area contributed by atoms with Crippen molar-refractivity contribution < 1.29 is 14.6 Å². The van der Waals surface area contributed by atoms with Crippen LogP contribution in [0, 0.1) is 12.8 Å². The average Bonchev–Trinajstić information content (AvgIpc) is 2.25. The van der Waals surface area contributed by atoms with Gasteiger partial charge in [0.25, 0.3) is 0 Å². The maximum Gasteiger partial charge on any atom is 0.303 e. The third-order valence-corrected chi connectivity index (χ3v) is 3.05. The summed E-state index contributed by atoms with van der Waals surface area (Å²) in [5, 5.41) is 8.94. The van der Waals surface area contributed by atoms with Crippen LogP contribution in [0.3, 0.4) is 0 Å². The Kier molecular flexibility index (Phi) is 4.55. The Bertz CT molecular complexity index is 396. The van der Waals surface area contributed by atoms with E-state index in [1.165, 1.54) is 0 Å². The van der Waals surface area contributed by atoms with E-state index in [4.69, 9.17) is 9.84 Å². The van der Waals surface area contributed by atoms with E-state index in [0.29, 0.717) is 5.92 Å². The van der Waals surface area contributed by atoms with E-state index < -0.39 is 5.97 Å². The van der Waals surface area contributed by atoms with Crippen molar-refractivity contribution in [3.05, 3.63) is 29.3 Å². The molecule has 1 aromatic carbocycles. The summed E-state index contributed by atoms with van der Waals surface area (Å²) in [5.41, 5.74) is 2.11. The highest BCUT2D eigenvalue weighted by Gasteiger charge is 2.19. The van der Waals surface area contributed by atoms with Gasteiger partial charge in [0, 0.05) is 0 Å². The van der Waals surface area contributed by atoms with Crippen LogP contribution in [0.15, 0.2) is 18.2 Å². The van der Waals surface area contributed by atoms with E-state index in [1.807, 2.05) is 39.0 Å². The third kappa shape index (κ3) is 3.48. The lowest BCUT2D eigenvalue weighted by Crippen LogP contribution is -2.12. The highest BCUT2D eigenvalue weighted by Crippen LogP contribution is 2.30. The molecule has 0 amide bonds. The second-order valence-electron chi connectivity index (χ2n) is 4.68. The number of carbonyl (C=O) groups is 1. The Morgan fingerprint density at radius 1 is 1.41 bits per heavy atom. The molecule has 0 aromatic heterocycles. The van der Waals surface area contributed by atoms with Gasteiger partial charge in [-0.15, -0.1) is 0 Å². The molecule has 0 radical (unpaired) electrons. The van der Waals surface area contributed by atoms with Crippen LogP contribution in [-0.4, -0.2) is 18.2 Å². The number of hydrogen-bond acceptors (Lipinski definition) is 2. The monoisotopic (exact) mass is 236 g/mol. The van der Waals surface area contributed by atoms with Crippen molar-refractivity contribution in [2.75, 3.05) is 7.11 Å². The number of carboxylic acids is 1. The van der Waals surface area contributed by atoms with Gasteiger partial charge >= 0.3 is 5.97 Å². The number of carboxylic acid groups (broad SMARTS) is 1. The molecule has 0 aliphatic carbocycles. The molecule has 1 unspecified atom stereocenters. The molecule has 0 spiro atoms. The first-order valence-electron chi connectivity index (χ1n) is 5.82. The normalized spacial score (nSPS) is 12.5. The maximum atomic E-state index is 10.9. The predicted octanol–water partition coefficient (Wildman–Crippen LogP) is 3.22. The van der Waals surface area contributed by atoms with Gasteiger partial charge in [0.1, 0.15) is 5.75 Å². The summed E-state index contributed by atoms with van der Waals surface area (Å²) in [6, 6.07) is 5.88. The molecule has 17 heavy (non-hydrogen) atoms. The average molecular weight is 236 g/mol. The van der Waals surface area contributed by atoms with Gasteiger partial charge in [-0.25, -0.2) is 0 Å². The van der Waals surface area contributed by atoms with Crippen molar-refractivity contribution in [1.82, 2.24) is 0 Å². The Morgan fingerprint density at radius 2 is 2.06 bits per heavy atom. The molecule has 0 bridgehead atoms. The zero-order valence-corrected chi connectivity index (χ0v) is 10.9. The SMILES string of the molecule is COc1ccc(C(CC(=O)O)C(C)C)cc1C. The number of aryl methyl sites for hydroxylation is 1. The van der Waals surface area contributed by atoms with Crippen molar-refractivity contribution in [2.24, 2.45) is 5.92 Å². The van der Waals surface area contributed by atoms with Crippen LogP contribution in [0.5, 0.6) is 5.75 Å². The lowest BCUT2D eigenvalue weighted by molar-refractivity contribution is -0.137. The number of aliphatic carboxylic acids is 1. The third-order valence-electron chi connectivity index (χ3n) is 3.05. The molecule has 0 saturated heterocycles. The first kappa shape index (κ1) is 13.6. The fourth-order valence-corrected chi connectivity index (χ4v) is 2.06. The zero-order valence-electron chi connectivity index (χ0n) is 10.9. The molecule has 94 valence electrons. The van der Waals surface area contributed by atoms with Crippen LogP contribution >= 0.6 is 0 Å². The number of benzene rings is 1. The summed E-state index contributed by atoms with van der Waals surface area (Å²) >= 11 is 0. The van der Waals surface area contributed by atoms with Crippen LogP contribution in [0.1, 0.15) is 37.3 Å². The summed E-state index contributed by atoms with van der Waals surface area (Å²) in [5.74, 6) is 0.444. The van der Waals surface area contributed by atoms with Crippen LogP contribution in [0.2, 0.25) is 0 Å². The highest BCUT2D eigenvalue weighted by molar-refractivity contribution is 5.68. The fraction of sp³-hybridized carbons (Fsp3) is 0.500. The largest absolute Gasteiger partial charge is 0.496 e. The lowest BCUT2D eigenvalue weighted by Gasteiger charge is -2.20. The lowest BCUT2D eigenvalue weighted by atomic mass is 9.85. The van der Waals surface area contributed by atoms with Crippen molar-refractivity contribution in [1.29, 1.82) is 0 Å². The quantitative estimate of drug-likeness (QED) is 0.853. The van der Waals surface area contributed by atoms with Crippen LogP contribution in [0.25, 0.3) is 0 Å². The van der Waals surface area contributed by atoms with Gasteiger partial charge in [0.2, 0.25) is 0 Å². The van der Waals surface area contributed by atoms with Gasteiger partial charge in [-0.2, -0.15) is 0 Å². The predicted molar refractivity (Wildman–Crippen MR) is 67.6 cm³/mol. The van der Waals surface area contributed by atoms with E-state index >= 15 is 0 Å². The van der Waals surface area contributed by atoms with Crippen LogP contribution in [-0.2, 0) is 4.79 Å². The molecule has 3 heteroatoms. The maximum absolute atomic E-state index is 10.9. The van der Waals surface area contributed by atoms with Gasteiger partial charge in [-0.1, -0.05) is 26.0 Å². The highest BCUT2D eigenvalue weighted by atomic mass is 16.5. The van der Waals surface area contributed by atoms with Gasteiger partial charge in [0.05, 0.1) is 13.5 Å². The van der Waals surface area contributed by atoms with Crippen LogP contribution < -0.4 is 4.74 Å². The number of hydrogen-bond donors (Lipinski definition) is 1. The van der Waals surface area contributed by atoms with Crippen molar-refractivity contribution >= 4 is 5.97 Å². The fourth-order valence-electron chi connectivity index (χ4n) is 2.06. The summed E-state index contributed by atoms with van der Waals surface area (Å²) < 4.78 is 5.20. The summed E-state index contributed by atoms with van der Waals surface area (Å²) in [6.07, 6.45) is 0.170. The van der Waals surface area contributed by atoms with Crippen molar-refractivity contribution in [3.8, 4) is 5.75 Å². The molecule has 3 nitrogen and oxygen atoms in total. The summed E-state index contributed by atoms with van der Waals surface area (Å²) in [7, 11) is 1.64. The summed E-state index contributed by atoms with van der Waals surface area (Å²) in [6.45, 7) is 6.07. The summed E-state index contributed by atoms with van der Waals surface area (Å²) in [4.78, 5) is 10.9. The van der Waals surface area contributed by atoms with Gasteiger partial charge < -0.3 is 9.84 Å². The Balaban J connectivity index is 3.02. The Labute approximate surface area is 102 Å². The number of methoxy groups -OCH3 is 1. The minimum atomic E-state index is -0.753. The molecule has 1 N–H and O–H groups in total. The molecule has 1 atom stereocenters. The van der Waals surface area contributed by atoms with Gasteiger partial charge in [0.15, 0.2) is 0 Å². The first-order chi connectivity index (χ1) is 7.95. The van der Waals surface area contributed by atoms with Crippen molar-refractivity contribution in [2.45, 2.75) is 33.1 Å². The molecule has 1 aromatic rings. The molecule has 0 aliphatic heterocycles. The van der Waals surface area contributed by atoms with E-state index in [9.17, 15) is 4.79 Å². The second kappa shape index (κ2) is 5.71. The minimum absolute atomic E-state index is 0.0529. The minimum Gasteiger partial charge on any atom is -0.496 e. The molecule has 1 rings (SSSR count). The van der Waals surface area contributed by atoms with E-state index in [-0.39, 0.29) is 12.3 Å². The first-order valence-corrected chi connectivity index (χ1v) is 5.82. The van der Waals surface area contributed by atoms with Crippen LogP contribution in [0.4, 0.5) is 0 Å². The number of ether oxygens (including phenoxy) is 1. The Hall–Kier alpha value is -1.51. The number of rotatable bonds is 5. The molecule has 0 saturated carbocycles. The van der Waals surface area contributed by atoms with E-state index in [2.05, 4.69) is 0 Å². The Morgan fingerprint density at radius 3 is 2.47 bits per heavy atom. The topological polar surface area (TPSA) is 46.5 Å². The van der Waals surface area contributed by atoms with E-state index in [1.54, 1.807) is 7.11 Å². The van der Waals surface area contributed by atoms with Crippen molar-refractivity contribution in [3.63, 3.8) is 0 Å². The van der Waals surface area contributed by atoms with Gasteiger partial charge in [-0.3, -0.25) is 4.79 Å². The molecule has 0 fully saturated rings. The molecule has 0 heterocycles. The molecular formula is C14H20O3. The smallest absolute Gasteiger partial charge is 0.303 e. The molecular weight excluding hydrogens is 216 g/mol. The van der Waals surface area contributed by atoms with E-state index in [0.717, 1.165) is 16.9 Å².